The zero-order chi connectivity index (χ0) is 18.5. The highest BCUT2D eigenvalue weighted by atomic mass is 28.4. The van der Waals surface area contributed by atoms with Crippen LogP contribution >= 0.6 is 0 Å². The van der Waals surface area contributed by atoms with Crippen molar-refractivity contribution in [1.29, 1.82) is 0 Å². The summed E-state index contributed by atoms with van der Waals surface area (Å²) in [5, 5.41) is 0.324. The molecule has 0 unspecified atom stereocenters. The summed E-state index contributed by atoms with van der Waals surface area (Å²) in [7, 11) is -1.57. The van der Waals surface area contributed by atoms with Crippen LogP contribution < -0.4 is 0 Å². The first-order chi connectivity index (χ1) is 11.7. The predicted molar refractivity (Wildman–Crippen MR) is 111 cm³/mol. The maximum Gasteiger partial charge on any atom is 0.191 e. The zero-order valence-electron chi connectivity index (χ0n) is 17.8. The van der Waals surface area contributed by atoms with Gasteiger partial charge in [0.15, 0.2) is 8.32 Å². The second-order valence-corrected chi connectivity index (χ2v) is 14.5. The van der Waals surface area contributed by atoms with E-state index >= 15 is 0 Å². The monoisotopic (exact) mass is 369 g/mol. The molecule has 2 aliphatic rings. The Kier molecular flexibility index (Phi) is 7.96. The van der Waals surface area contributed by atoms with Crippen molar-refractivity contribution in [2.75, 3.05) is 52.5 Å². The highest BCUT2D eigenvalue weighted by molar-refractivity contribution is 6.74. The third-order valence-electron chi connectivity index (χ3n) is 6.63. The van der Waals surface area contributed by atoms with Crippen LogP contribution in [0.5, 0.6) is 0 Å². The van der Waals surface area contributed by atoms with Crippen LogP contribution in [-0.4, -0.2) is 81.6 Å². The molecule has 2 heterocycles. The molecule has 0 saturated carbocycles. The van der Waals surface area contributed by atoms with E-state index in [9.17, 15) is 0 Å². The van der Waals surface area contributed by atoms with Gasteiger partial charge in [-0.05, 0) is 63.8 Å². The molecule has 2 rings (SSSR count). The van der Waals surface area contributed by atoms with E-state index in [4.69, 9.17) is 4.43 Å². The van der Waals surface area contributed by atoms with Crippen LogP contribution in [0.2, 0.25) is 18.1 Å². The van der Waals surface area contributed by atoms with Gasteiger partial charge in [0.25, 0.3) is 0 Å². The van der Waals surface area contributed by atoms with Gasteiger partial charge in [-0.25, -0.2) is 0 Å². The van der Waals surface area contributed by atoms with Crippen LogP contribution in [0.25, 0.3) is 0 Å². The van der Waals surface area contributed by atoms with Gasteiger partial charge in [-0.3, -0.25) is 9.80 Å². The Morgan fingerprint density at radius 3 is 2.16 bits per heavy atom. The standard InChI is InChI=1S/C20H43N3OSi/c1-19-10-7-13-23(19)14-8-11-21-15-16-22(18-21)12-9-17-24-25(5,6)20(2,3)4/h19H,7-18H2,1-6H3/t19-/m1/s1. The maximum atomic E-state index is 6.31. The Morgan fingerprint density at radius 1 is 0.960 bits per heavy atom. The van der Waals surface area contributed by atoms with Gasteiger partial charge in [0.05, 0.1) is 6.67 Å². The molecule has 4 nitrogen and oxygen atoms in total. The SMILES string of the molecule is C[C@@H]1CCCN1CCCN1CCN(CCCO[Si](C)(C)C(C)(C)C)C1. The lowest BCUT2D eigenvalue weighted by atomic mass is 10.2. The lowest BCUT2D eigenvalue weighted by Crippen LogP contribution is -2.41. The highest BCUT2D eigenvalue weighted by Gasteiger charge is 2.36. The Bertz CT molecular complexity index is 397. The smallest absolute Gasteiger partial charge is 0.191 e. The van der Waals surface area contributed by atoms with Crippen molar-refractivity contribution in [3.63, 3.8) is 0 Å². The Labute approximate surface area is 158 Å². The van der Waals surface area contributed by atoms with E-state index < -0.39 is 8.32 Å². The third-order valence-corrected chi connectivity index (χ3v) is 11.2. The summed E-state index contributed by atoms with van der Waals surface area (Å²) in [6, 6.07) is 0.816. The van der Waals surface area contributed by atoms with Crippen LogP contribution in [0.3, 0.4) is 0 Å². The number of hydrogen-bond acceptors (Lipinski definition) is 4. The van der Waals surface area contributed by atoms with Crippen molar-refractivity contribution >= 4 is 8.32 Å². The molecule has 2 aliphatic heterocycles. The second kappa shape index (κ2) is 9.31. The molecular weight excluding hydrogens is 326 g/mol. The van der Waals surface area contributed by atoms with Crippen LogP contribution in [0.4, 0.5) is 0 Å². The second-order valence-electron chi connectivity index (χ2n) is 9.72. The molecule has 0 aromatic heterocycles. The first-order valence-corrected chi connectivity index (χ1v) is 13.4. The summed E-state index contributed by atoms with van der Waals surface area (Å²) < 4.78 is 6.31. The fourth-order valence-corrected chi connectivity index (χ4v) is 4.81. The average Bonchev–Trinajstić information content (AvgIpc) is 3.12. The van der Waals surface area contributed by atoms with E-state index in [2.05, 4.69) is 55.5 Å². The lowest BCUT2D eigenvalue weighted by Gasteiger charge is -2.36. The molecule has 5 heteroatoms. The maximum absolute atomic E-state index is 6.31. The molecular formula is C20H43N3OSi. The van der Waals surface area contributed by atoms with E-state index in [0.29, 0.717) is 5.04 Å². The van der Waals surface area contributed by atoms with E-state index in [0.717, 1.165) is 19.3 Å². The molecule has 25 heavy (non-hydrogen) atoms. The third kappa shape index (κ3) is 6.62. The number of nitrogens with zero attached hydrogens (tertiary/aromatic N) is 3. The minimum atomic E-state index is -1.57. The van der Waals surface area contributed by atoms with E-state index in [1.54, 1.807) is 0 Å². The number of rotatable bonds is 9. The van der Waals surface area contributed by atoms with Gasteiger partial charge in [0.2, 0.25) is 0 Å². The van der Waals surface area contributed by atoms with E-state index in [1.165, 1.54) is 65.0 Å². The molecule has 0 aromatic rings. The van der Waals surface area contributed by atoms with Crippen molar-refractivity contribution in [2.24, 2.45) is 0 Å². The Hall–Kier alpha value is 0.0569. The molecule has 0 amide bonds. The van der Waals surface area contributed by atoms with E-state index in [-0.39, 0.29) is 0 Å². The first-order valence-electron chi connectivity index (χ1n) is 10.5. The summed E-state index contributed by atoms with van der Waals surface area (Å²) >= 11 is 0. The topological polar surface area (TPSA) is 19.0 Å². The Morgan fingerprint density at radius 2 is 1.60 bits per heavy atom. The molecule has 0 aliphatic carbocycles. The summed E-state index contributed by atoms with van der Waals surface area (Å²) in [5.41, 5.74) is 0. The summed E-state index contributed by atoms with van der Waals surface area (Å²) in [6.45, 7) is 23.7. The minimum Gasteiger partial charge on any atom is -0.417 e. The molecule has 2 fully saturated rings. The first kappa shape index (κ1) is 21.4. The number of hydrogen-bond donors (Lipinski definition) is 0. The molecule has 2 saturated heterocycles. The van der Waals surface area contributed by atoms with Gasteiger partial charge in [-0.1, -0.05) is 20.8 Å². The Balaban J connectivity index is 1.54. The molecule has 0 bridgehead atoms. The van der Waals surface area contributed by atoms with Crippen LogP contribution in [-0.2, 0) is 4.43 Å². The van der Waals surface area contributed by atoms with E-state index in [1.807, 2.05) is 0 Å². The van der Waals surface area contributed by atoms with Crippen molar-refractivity contribution in [3.8, 4) is 0 Å². The van der Waals surface area contributed by atoms with Crippen LogP contribution in [0.1, 0.15) is 53.4 Å². The van der Waals surface area contributed by atoms with Crippen LogP contribution in [0, 0.1) is 0 Å². The van der Waals surface area contributed by atoms with Gasteiger partial charge >= 0.3 is 0 Å². The van der Waals surface area contributed by atoms with Gasteiger partial charge in [0, 0.05) is 38.8 Å². The molecule has 148 valence electrons. The fraction of sp³-hybridized carbons (Fsp3) is 1.00. The lowest BCUT2D eigenvalue weighted by molar-refractivity contribution is 0.204. The molecule has 0 aromatic carbocycles. The predicted octanol–water partition coefficient (Wildman–Crippen LogP) is 3.85. The van der Waals surface area contributed by atoms with Gasteiger partial charge in [0.1, 0.15) is 0 Å². The quantitative estimate of drug-likeness (QED) is 0.454. The van der Waals surface area contributed by atoms with Gasteiger partial charge < -0.3 is 9.33 Å². The summed E-state index contributed by atoms with van der Waals surface area (Å²) in [6.07, 6.45) is 5.29. The zero-order valence-corrected chi connectivity index (χ0v) is 18.8. The molecule has 0 spiro atoms. The summed E-state index contributed by atoms with van der Waals surface area (Å²) in [4.78, 5) is 7.91. The largest absolute Gasteiger partial charge is 0.417 e. The summed E-state index contributed by atoms with van der Waals surface area (Å²) in [5.74, 6) is 0. The van der Waals surface area contributed by atoms with Crippen molar-refractivity contribution in [1.82, 2.24) is 14.7 Å². The normalized spacial score (nSPS) is 24.5. The van der Waals surface area contributed by atoms with Crippen molar-refractivity contribution in [2.45, 2.75) is 77.6 Å². The molecule has 1 atom stereocenters. The van der Waals surface area contributed by atoms with Crippen molar-refractivity contribution in [3.05, 3.63) is 0 Å². The highest BCUT2D eigenvalue weighted by Crippen LogP contribution is 2.36. The molecule has 0 N–H and O–H groups in total. The number of likely N-dealkylation sites (tertiary alicyclic amines) is 1. The van der Waals surface area contributed by atoms with Gasteiger partial charge in [-0.2, -0.15) is 0 Å². The van der Waals surface area contributed by atoms with Gasteiger partial charge in [-0.15, -0.1) is 0 Å². The van der Waals surface area contributed by atoms with Crippen LogP contribution in [0.15, 0.2) is 0 Å². The van der Waals surface area contributed by atoms with Crippen molar-refractivity contribution < 1.29 is 4.43 Å². The minimum absolute atomic E-state index is 0.324. The molecule has 0 radical (unpaired) electrons. The average molecular weight is 370 g/mol. The fourth-order valence-electron chi connectivity index (χ4n) is 3.73.